The maximum absolute atomic E-state index is 13.2. The van der Waals surface area contributed by atoms with Crippen LogP contribution in [0.25, 0.3) is 0 Å². The maximum atomic E-state index is 13.2. The summed E-state index contributed by atoms with van der Waals surface area (Å²) in [5.41, 5.74) is 3.50. The molecule has 2 aromatic carbocycles. The molecule has 0 amide bonds. The molecule has 4 rings (SSSR count). The maximum Gasteiger partial charge on any atom is 0.193 e. The van der Waals surface area contributed by atoms with Crippen LogP contribution >= 0.6 is 25.3 Å². The quantitative estimate of drug-likeness (QED) is 0.478. The van der Waals surface area contributed by atoms with Crippen molar-refractivity contribution in [2.75, 3.05) is 38.1 Å². The third-order valence-electron chi connectivity index (χ3n) is 5.50. The van der Waals surface area contributed by atoms with E-state index in [1.54, 1.807) is 0 Å². The zero-order chi connectivity index (χ0) is 20.9. The van der Waals surface area contributed by atoms with Crippen LogP contribution in [0.15, 0.2) is 36.4 Å². The molecule has 0 aliphatic carbocycles. The van der Waals surface area contributed by atoms with Crippen LogP contribution in [0, 0.1) is 0 Å². The zero-order valence-corrected chi connectivity index (χ0v) is 18.8. The number of carbonyl (C=O) groups is 1. The Morgan fingerprint density at radius 1 is 0.800 bits per heavy atom. The number of hydrogen-bond donors (Lipinski definition) is 2. The molecule has 0 N–H and O–H groups in total. The van der Waals surface area contributed by atoms with Gasteiger partial charge in [0.15, 0.2) is 5.78 Å². The van der Waals surface area contributed by atoms with Crippen LogP contribution in [-0.2, 0) is 13.1 Å². The molecule has 0 bridgehead atoms. The molecule has 2 aliphatic rings. The summed E-state index contributed by atoms with van der Waals surface area (Å²) < 4.78 is 11.7. The molecule has 5 nitrogen and oxygen atoms in total. The van der Waals surface area contributed by atoms with Gasteiger partial charge in [0.1, 0.15) is 25.0 Å². The Kier molecular flexibility index (Phi) is 7.25. The lowest BCUT2D eigenvalue weighted by Gasteiger charge is -2.29. The molecule has 7 heteroatoms. The minimum absolute atomic E-state index is 0.0283. The van der Waals surface area contributed by atoms with Crippen molar-refractivity contribution in [3.63, 3.8) is 0 Å². The summed E-state index contributed by atoms with van der Waals surface area (Å²) >= 11 is 8.58. The molecule has 0 spiro atoms. The van der Waals surface area contributed by atoms with Gasteiger partial charge in [0, 0.05) is 48.4 Å². The molecular formula is C23H28N2O3S2. The van der Waals surface area contributed by atoms with Crippen LogP contribution in [0.4, 0.5) is 0 Å². The van der Waals surface area contributed by atoms with E-state index >= 15 is 0 Å². The summed E-state index contributed by atoms with van der Waals surface area (Å²) in [6.07, 6.45) is 2.03. The van der Waals surface area contributed by atoms with Crippen molar-refractivity contribution in [2.24, 2.45) is 0 Å². The van der Waals surface area contributed by atoms with Crippen LogP contribution in [0.5, 0.6) is 11.5 Å². The molecule has 0 unspecified atom stereocenters. The highest BCUT2D eigenvalue weighted by atomic mass is 32.1. The Bertz CT molecular complexity index is 835. The number of rotatable bonds is 8. The molecule has 0 radical (unpaired) electrons. The van der Waals surface area contributed by atoms with Gasteiger partial charge in [-0.05, 0) is 60.7 Å². The molecule has 2 aliphatic heterocycles. The lowest BCUT2D eigenvalue weighted by Crippen LogP contribution is -2.33. The highest BCUT2D eigenvalue weighted by Gasteiger charge is 2.22. The van der Waals surface area contributed by atoms with E-state index < -0.39 is 0 Å². The SMILES string of the molecule is O=C(c1ccc2c(c1)CN(CCCS)CO2)c1ccc2c(c1)CN(CCCS)CO2. The van der Waals surface area contributed by atoms with Gasteiger partial charge in [0.05, 0.1) is 0 Å². The van der Waals surface area contributed by atoms with Crippen LogP contribution in [-0.4, -0.2) is 53.6 Å². The van der Waals surface area contributed by atoms with E-state index in [1.807, 2.05) is 36.4 Å². The molecule has 0 aromatic heterocycles. The van der Waals surface area contributed by atoms with Crippen molar-refractivity contribution < 1.29 is 14.3 Å². The van der Waals surface area contributed by atoms with E-state index in [4.69, 9.17) is 9.47 Å². The minimum atomic E-state index is 0.0283. The summed E-state index contributed by atoms with van der Waals surface area (Å²) in [5, 5.41) is 0. The zero-order valence-electron chi connectivity index (χ0n) is 17.0. The van der Waals surface area contributed by atoms with Gasteiger partial charge in [-0.1, -0.05) is 0 Å². The number of thiol groups is 2. The average molecular weight is 445 g/mol. The summed E-state index contributed by atoms with van der Waals surface area (Å²) in [5.74, 6) is 3.48. The molecule has 0 saturated heterocycles. The second-order valence-corrected chi connectivity index (χ2v) is 8.67. The fourth-order valence-corrected chi connectivity index (χ4v) is 4.19. The number of carbonyl (C=O) groups excluding carboxylic acids is 1. The van der Waals surface area contributed by atoms with Gasteiger partial charge >= 0.3 is 0 Å². The summed E-state index contributed by atoms with van der Waals surface area (Å²) in [4.78, 5) is 17.7. The van der Waals surface area contributed by atoms with Crippen LogP contribution in [0.2, 0.25) is 0 Å². The Labute approximate surface area is 189 Å². The number of ether oxygens (including phenoxy) is 2. The highest BCUT2D eigenvalue weighted by molar-refractivity contribution is 7.80. The minimum Gasteiger partial charge on any atom is -0.478 e. The smallest absolute Gasteiger partial charge is 0.193 e. The standard InChI is InChI=1S/C23H28N2O3S2/c26-23(17-3-5-21-19(11-17)13-24(15-27-21)7-1-9-29)18-4-6-22-20(12-18)14-25(16-28-22)8-2-10-30/h3-6,11-12,29-30H,1-2,7-10,13-16H2. The Morgan fingerprint density at radius 3 is 1.70 bits per heavy atom. The first-order valence-electron chi connectivity index (χ1n) is 10.4. The predicted molar refractivity (Wildman–Crippen MR) is 125 cm³/mol. The fraction of sp³-hybridized carbons (Fsp3) is 0.435. The van der Waals surface area contributed by atoms with Gasteiger partial charge in [-0.2, -0.15) is 25.3 Å². The number of fused-ring (bicyclic) bond motifs is 2. The van der Waals surface area contributed by atoms with Crippen molar-refractivity contribution in [1.82, 2.24) is 9.80 Å². The van der Waals surface area contributed by atoms with Gasteiger partial charge in [-0.25, -0.2) is 0 Å². The monoisotopic (exact) mass is 444 g/mol. The van der Waals surface area contributed by atoms with Crippen molar-refractivity contribution >= 4 is 31.0 Å². The van der Waals surface area contributed by atoms with E-state index in [-0.39, 0.29) is 5.78 Å². The molecule has 2 heterocycles. The Balaban J connectivity index is 1.50. The van der Waals surface area contributed by atoms with Gasteiger partial charge in [0.25, 0.3) is 0 Å². The number of benzene rings is 2. The lowest BCUT2D eigenvalue weighted by molar-refractivity contribution is 0.0949. The van der Waals surface area contributed by atoms with E-state index in [1.165, 1.54) is 0 Å². The molecule has 0 saturated carbocycles. The fourth-order valence-electron chi connectivity index (χ4n) is 3.91. The second kappa shape index (κ2) is 10.1. The molecule has 0 atom stereocenters. The second-order valence-electron chi connectivity index (χ2n) is 7.78. The number of nitrogens with zero attached hydrogens (tertiary/aromatic N) is 2. The van der Waals surface area contributed by atoms with Crippen LogP contribution in [0.1, 0.15) is 39.9 Å². The van der Waals surface area contributed by atoms with Gasteiger partial charge in [0.2, 0.25) is 0 Å². The number of hydrogen-bond acceptors (Lipinski definition) is 7. The molecular weight excluding hydrogens is 416 g/mol. The van der Waals surface area contributed by atoms with Gasteiger partial charge < -0.3 is 9.47 Å². The van der Waals surface area contributed by atoms with E-state index in [9.17, 15) is 4.79 Å². The first-order chi connectivity index (χ1) is 14.7. The number of ketones is 1. The lowest BCUT2D eigenvalue weighted by atomic mass is 9.98. The first kappa shape index (κ1) is 21.6. The molecule has 30 heavy (non-hydrogen) atoms. The summed E-state index contributed by atoms with van der Waals surface area (Å²) in [6, 6.07) is 11.5. The van der Waals surface area contributed by atoms with E-state index in [2.05, 4.69) is 35.1 Å². The molecule has 2 aromatic rings. The third kappa shape index (κ3) is 4.97. The van der Waals surface area contributed by atoms with Gasteiger partial charge in [-0.15, -0.1) is 0 Å². The normalized spacial score (nSPS) is 16.3. The third-order valence-corrected chi connectivity index (χ3v) is 6.14. The van der Waals surface area contributed by atoms with Crippen LogP contribution in [0.3, 0.4) is 0 Å². The average Bonchev–Trinajstić information content (AvgIpc) is 2.79. The molecule has 160 valence electrons. The largest absolute Gasteiger partial charge is 0.478 e. The van der Waals surface area contributed by atoms with Crippen molar-refractivity contribution in [3.8, 4) is 11.5 Å². The van der Waals surface area contributed by atoms with Crippen LogP contribution < -0.4 is 9.47 Å². The van der Waals surface area contributed by atoms with E-state index in [0.717, 1.165) is 73.2 Å². The predicted octanol–water partition coefficient (Wildman–Crippen LogP) is 3.86. The summed E-state index contributed by atoms with van der Waals surface area (Å²) in [7, 11) is 0. The first-order valence-corrected chi connectivity index (χ1v) is 11.7. The highest BCUT2D eigenvalue weighted by Crippen LogP contribution is 2.29. The van der Waals surface area contributed by atoms with Crippen molar-refractivity contribution in [2.45, 2.75) is 25.9 Å². The molecule has 0 fully saturated rings. The Morgan fingerprint density at radius 2 is 1.27 bits per heavy atom. The van der Waals surface area contributed by atoms with E-state index in [0.29, 0.717) is 24.6 Å². The topological polar surface area (TPSA) is 42.0 Å². The van der Waals surface area contributed by atoms with Gasteiger partial charge in [-0.3, -0.25) is 14.6 Å². The van der Waals surface area contributed by atoms with Crippen molar-refractivity contribution in [1.29, 1.82) is 0 Å². The Hall–Kier alpha value is -1.67. The van der Waals surface area contributed by atoms with Crippen molar-refractivity contribution in [3.05, 3.63) is 58.7 Å². The summed E-state index contributed by atoms with van der Waals surface area (Å²) in [6.45, 7) is 4.64.